The van der Waals surface area contributed by atoms with Crippen LogP contribution in [0.25, 0.3) is 0 Å². The van der Waals surface area contributed by atoms with Gasteiger partial charge in [0.25, 0.3) is 5.91 Å². The number of nitrogens with zero attached hydrogens (tertiary/aromatic N) is 2. The van der Waals surface area contributed by atoms with Crippen LogP contribution in [0.5, 0.6) is 0 Å². The van der Waals surface area contributed by atoms with Gasteiger partial charge < -0.3 is 10.4 Å². The number of nitrogens with one attached hydrogen (secondary N) is 1. The molecule has 116 valence electrons. The summed E-state index contributed by atoms with van der Waals surface area (Å²) >= 11 is 0. The SMILES string of the molecule is CC(C)CC(NC(=O)c1ccn(C2CCCC2)n1)C(=O)O. The number of aromatic nitrogens is 2. The molecule has 21 heavy (non-hydrogen) atoms. The van der Waals surface area contributed by atoms with Crippen molar-refractivity contribution in [1.82, 2.24) is 15.1 Å². The minimum absolute atomic E-state index is 0.197. The van der Waals surface area contributed by atoms with Gasteiger partial charge in [0.05, 0.1) is 6.04 Å². The second-order valence-corrected chi connectivity index (χ2v) is 6.11. The average molecular weight is 293 g/mol. The van der Waals surface area contributed by atoms with E-state index >= 15 is 0 Å². The highest BCUT2D eigenvalue weighted by Gasteiger charge is 2.24. The van der Waals surface area contributed by atoms with E-state index in [9.17, 15) is 9.59 Å². The molecule has 1 heterocycles. The summed E-state index contributed by atoms with van der Waals surface area (Å²) in [6.45, 7) is 3.85. The molecule has 2 N–H and O–H groups in total. The lowest BCUT2D eigenvalue weighted by Crippen LogP contribution is -2.41. The molecule has 0 saturated heterocycles. The topological polar surface area (TPSA) is 84.2 Å². The van der Waals surface area contributed by atoms with Crippen LogP contribution in [0.15, 0.2) is 12.3 Å². The molecule has 1 amide bonds. The molecule has 1 saturated carbocycles. The van der Waals surface area contributed by atoms with E-state index in [2.05, 4.69) is 10.4 Å². The average Bonchev–Trinajstić information content (AvgIpc) is 3.08. The van der Waals surface area contributed by atoms with Gasteiger partial charge in [0.2, 0.25) is 0 Å². The van der Waals surface area contributed by atoms with Gasteiger partial charge >= 0.3 is 5.97 Å². The molecule has 2 rings (SSSR count). The van der Waals surface area contributed by atoms with E-state index in [1.54, 1.807) is 6.07 Å². The molecule has 1 aromatic heterocycles. The maximum Gasteiger partial charge on any atom is 0.326 e. The Morgan fingerprint density at radius 2 is 2.10 bits per heavy atom. The zero-order valence-electron chi connectivity index (χ0n) is 12.6. The Balaban J connectivity index is 2.00. The summed E-state index contributed by atoms with van der Waals surface area (Å²) in [4.78, 5) is 23.3. The first-order valence-corrected chi connectivity index (χ1v) is 7.56. The first-order chi connectivity index (χ1) is 9.97. The normalized spacial score (nSPS) is 17.1. The molecule has 6 nitrogen and oxygen atoms in total. The number of carboxylic acid groups (broad SMARTS) is 1. The predicted octanol–water partition coefficient (Wildman–Crippen LogP) is 2.23. The molecule has 6 heteroatoms. The van der Waals surface area contributed by atoms with Gasteiger partial charge in [0, 0.05) is 6.20 Å². The van der Waals surface area contributed by atoms with Crippen LogP contribution in [0.2, 0.25) is 0 Å². The van der Waals surface area contributed by atoms with Gasteiger partial charge in [-0.2, -0.15) is 5.10 Å². The Bertz CT molecular complexity index is 504. The zero-order valence-corrected chi connectivity index (χ0v) is 12.6. The fourth-order valence-electron chi connectivity index (χ4n) is 2.76. The molecule has 0 radical (unpaired) electrons. The van der Waals surface area contributed by atoms with E-state index in [0.717, 1.165) is 12.8 Å². The molecule has 1 aromatic rings. The van der Waals surface area contributed by atoms with Gasteiger partial charge in [-0.3, -0.25) is 9.48 Å². The molecule has 0 bridgehead atoms. The number of carbonyl (C=O) groups is 2. The summed E-state index contributed by atoms with van der Waals surface area (Å²) < 4.78 is 1.83. The van der Waals surface area contributed by atoms with Crippen LogP contribution in [0.4, 0.5) is 0 Å². The molecule has 0 aliphatic heterocycles. The van der Waals surface area contributed by atoms with Crippen molar-refractivity contribution in [3.05, 3.63) is 18.0 Å². The van der Waals surface area contributed by atoms with E-state index in [1.165, 1.54) is 12.8 Å². The van der Waals surface area contributed by atoms with Crippen LogP contribution in [0.3, 0.4) is 0 Å². The van der Waals surface area contributed by atoms with Crippen LogP contribution in [-0.4, -0.2) is 32.8 Å². The first-order valence-electron chi connectivity index (χ1n) is 7.56. The minimum Gasteiger partial charge on any atom is -0.480 e. The molecule has 1 unspecified atom stereocenters. The number of rotatable bonds is 6. The summed E-state index contributed by atoms with van der Waals surface area (Å²) in [6.07, 6.45) is 6.79. The third kappa shape index (κ3) is 4.06. The van der Waals surface area contributed by atoms with Crippen molar-refractivity contribution in [2.75, 3.05) is 0 Å². The highest BCUT2D eigenvalue weighted by molar-refractivity contribution is 5.94. The predicted molar refractivity (Wildman–Crippen MR) is 78.1 cm³/mol. The monoisotopic (exact) mass is 293 g/mol. The lowest BCUT2D eigenvalue weighted by atomic mass is 10.0. The number of carboxylic acids is 1. The van der Waals surface area contributed by atoms with E-state index in [1.807, 2.05) is 24.7 Å². The highest BCUT2D eigenvalue weighted by atomic mass is 16.4. The largest absolute Gasteiger partial charge is 0.480 e. The molecule has 1 aliphatic carbocycles. The molecule has 1 fully saturated rings. The number of hydrogen-bond donors (Lipinski definition) is 2. The molecular formula is C15H23N3O3. The second kappa shape index (κ2) is 6.74. The van der Waals surface area contributed by atoms with E-state index in [4.69, 9.17) is 5.11 Å². The zero-order chi connectivity index (χ0) is 15.4. The van der Waals surface area contributed by atoms with Crippen molar-refractivity contribution in [3.63, 3.8) is 0 Å². The Hall–Kier alpha value is -1.85. The van der Waals surface area contributed by atoms with E-state index in [0.29, 0.717) is 12.5 Å². The maximum absolute atomic E-state index is 12.1. The number of amides is 1. The van der Waals surface area contributed by atoms with Crippen LogP contribution >= 0.6 is 0 Å². The lowest BCUT2D eigenvalue weighted by Gasteiger charge is -2.15. The maximum atomic E-state index is 12.1. The Morgan fingerprint density at radius 1 is 1.43 bits per heavy atom. The van der Waals surface area contributed by atoms with Crippen molar-refractivity contribution in [3.8, 4) is 0 Å². The van der Waals surface area contributed by atoms with Gasteiger partial charge in [0.15, 0.2) is 0 Å². The van der Waals surface area contributed by atoms with Crippen LogP contribution in [0, 0.1) is 5.92 Å². The standard InChI is InChI=1S/C15H23N3O3/c1-10(2)9-13(15(20)21)16-14(19)12-7-8-18(17-12)11-5-3-4-6-11/h7-8,10-11,13H,3-6,9H2,1-2H3,(H,16,19)(H,20,21). The second-order valence-electron chi connectivity index (χ2n) is 6.11. The van der Waals surface area contributed by atoms with Crippen LogP contribution in [0.1, 0.15) is 62.5 Å². The van der Waals surface area contributed by atoms with Crippen molar-refractivity contribution >= 4 is 11.9 Å². The molecule has 1 aliphatic rings. The Morgan fingerprint density at radius 3 is 2.67 bits per heavy atom. The van der Waals surface area contributed by atoms with Crippen molar-refractivity contribution in [2.45, 2.75) is 58.0 Å². The lowest BCUT2D eigenvalue weighted by molar-refractivity contribution is -0.139. The van der Waals surface area contributed by atoms with Crippen LogP contribution < -0.4 is 5.32 Å². The molecule has 0 aromatic carbocycles. The number of hydrogen-bond acceptors (Lipinski definition) is 3. The molecule has 1 atom stereocenters. The number of aliphatic carboxylic acids is 1. The highest BCUT2D eigenvalue weighted by Crippen LogP contribution is 2.28. The third-order valence-corrected chi connectivity index (χ3v) is 3.85. The van der Waals surface area contributed by atoms with Gasteiger partial charge in [-0.1, -0.05) is 26.7 Å². The fraction of sp³-hybridized carbons (Fsp3) is 0.667. The van der Waals surface area contributed by atoms with Crippen LogP contribution in [-0.2, 0) is 4.79 Å². The Kier molecular flexibility index (Phi) is 4.98. The third-order valence-electron chi connectivity index (χ3n) is 3.85. The fourth-order valence-corrected chi connectivity index (χ4v) is 2.76. The quantitative estimate of drug-likeness (QED) is 0.842. The summed E-state index contributed by atoms with van der Waals surface area (Å²) in [5, 5.41) is 16.0. The molecular weight excluding hydrogens is 270 g/mol. The summed E-state index contributed by atoms with van der Waals surface area (Å²) in [5.41, 5.74) is 0.289. The van der Waals surface area contributed by atoms with Gasteiger partial charge in [-0.15, -0.1) is 0 Å². The summed E-state index contributed by atoms with van der Waals surface area (Å²) in [5.74, 6) is -1.23. The van der Waals surface area contributed by atoms with Crippen molar-refractivity contribution in [1.29, 1.82) is 0 Å². The van der Waals surface area contributed by atoms with Crippen molar-refractivity contribution in [2.24, 2.45) is 5.92 Å². The Labute approximate surface area is 124 Å². The van der Waals surface area contributed by atoms with Gasteiger partial charge in [-0.25, -0.2) is 4.79 Å². The first kappa shape index (κ1) is 15.5. The van der Waals surface area contributed by atoms with E-state index < -0.39 is 17.9 Å². The number of carbonyl (C=O) groups excluding carboxylic acids is 1. The minimum atomic E-state index is -1.01. The smallest absolute Gasteiger partial charge is 0.326 e. The summed E-state index contributed by atoms with van der Waals surface area (Å²) in [7, 11) is 0. The van der Waals surface area contributed by atoms with Crippen molar-refractivity contribution < 1.29 is 14.7 Å². The van der Waals surface area contributed by atoms with Gasteiger partial charge in [0.1, 0.15) is 11.7 Å². The summed E-state index contributed by atoms with van der Waals surface area (Å²) in [6, 6.07) is 1.16. The van der Waals surface area contributed by atoms with Gasteiger partial charge in [-0.05, 0) is 31.2 Å². The molecule has 0 spiro atoms. The van der Waals surface area contributed by atoms with E-state index in [-0.39, 0.29) is 11.6 Å².